The molecule has 1 unspecified atom stereocenters. The van der Waals surface area contributed by atoms with Gasteiger partial charge in [-0.3, -0.25) is 0 Å². The van der Waals surface area contributed by atoms with Gasteiger partial charge in [0.15, 0.2) is 0 Å². The summed E-state index contributed by atoms with van der Waals surface area (Å²) in [6.07, 6.45) is -5.06. The van der Waals surface area contributed by atoms with Crippen molar-refractivity contribution in [3.05, 3.63) is 107 Å². The van der Waals surface area contributed by atoms with E-state index in [0.29, 0.717) is 27.9 Å². The summed E-state index contributed by atoms with van der Waals surface area (Å²) in [5.41, 5.74) is 0.863. The van der Waals surface area contributed by atoms with Gasteiger partial charge in [0, 0.05) is 11.9 Å². The number of aromatic nitrogens is 2. The standard InChI is InChI=1S/C26H16F3N5O/c27-26(28,29)22-13-19(18-5-1-16(14-30)2-6-18)7-10-21(22)24(35)23-11-12-32-25(34-23)33-20-8-3-17(15-31)4-9-20/h1-13,24,35H,(H,32,33,34). The molecule has 0 aliphatic rings. The molecule has 0 spiro atoms. The molecule has 3 aromatic carbocycles. The maximum Gasteiger partial charge on any atom is 0.416 e. The maximum absolute atomic E-state index is 13.9. The van der Waals surface area contributed by atoms with E-state index in [1.165, 1.54) is 36.5 Å². The van der Waals surface area contributed by atoms with E-state index >= 15 is 0 Å². The molecular weight excluding hydrogens is 455 g/mol. The lowest BCUT2D eigenvalue weighted by Gasteiger charge is -2.19. The lowest BCUT2D eigenvalue weighted by atomic mass is 9.94. The van der Waals surface area contributed by atoms with Crippen LogP contribution in [0, 0.1) is 22.7 Å². The molecule has 4 aromatic rings. The average Bonchev–Trinajstić information content (AvgIpc) is 2.88. The highest BCUT2D eigenvalue weighted by molar-refractivity contribution is 5.66. The summed E-state index contributed by atoms with van der Waals surface area (Å²) >= 11 is 0. The van der Waals surface area contributed by atoms with Crippen LogP contribution in [0.2, 0.25) is 0 Å². The number of halogens is 3. The van der Waals surface area contributed by atoms with Gasteiger partial charge in [-0.25, -0.2) is 9.97 Å². The minimum Gasteiger partial charge on any atom is -0.382 e. The summed E-state index contributed by atoms with van der Waals surface area (Å²) < 4.78 is 41.8. The molecule has 0 aliphatic heterocycles. The van der Waals surface area contributed by atoms with E-state index in [1.807, 2.05) is 12.1 Å². The van der Waals surface area contributed by atoms with Crippen molar-refractivity contribution in [2.24, 2.45) is 0 Å². The first kappa shape index (κ1) is 23.4. The Morgan fingerprint density at radius 1 is 0.829 bits per heavy atom. The van der Waals surface area contributed by atoms with E-state index in [2.05, 4.69) is 15.3 Å². The molecule has 0 bridgehead atoms. The fraction of sp³-hybridized carbons (Fsp3) is 0.0769. The van der Waals surface area contributed by atoms with Crippen LogP contribution in [0.5, 0.6) is 0 Å². The van der Waals surface area contributed by atoms with Crippen LogP contribution in [0.3, 0.4) is 0 Å². The van der Waals surface area contributed by atoms with Crippen LogP contribution in [0.1, 0.15) is 34.1 Å². The molecule has 1 heterocycles. The van der Waals surface area contributed by atoms with E-state index in [9.17, 15) is 18.3 Å². The molecule has 4 rings (SSSR count). The monoisotopic (exact) mass is 471 g/mol. The van der Waals surface area contributed by atoms with Crippen LogP contribution in [-0.4, -0.2) is 15.1 Å². The Bertz CT molecular complexity index is 1440. The fourth-order valence-corrected chi connectivity index (χ4v) is 3.46. The van der Waals surface area contributed by atoms with Gasteiger partial charge in [-0.1, -0.05) is 24.3 Å². The first-order valence-corrected chi connectivity index (χ1v) is 10.3. The largest absolute Gasteiger partial charge is 0.416 e. The van der Waals surface area contributed by atoms with Crippen LogP contribution in [0.4, 0.5) is 24.8 Å². The molecule has 9 heteroatoms. The minimum atomic E-state index is -4.73. The van der Waals surface area contributed by atoms with Crippen molar-refractivity contribution < 1.29 is 18.3 Å². The van der Waals surface area contributed by atoms with Gasteiger partial charge >= 0.3 is 6.18 Å². The second-order valence-corrected chi connectivity index (χ2v) is 7.51. The predicted molar refractivity (Wildman–Crippen MR) is 122 cm³/mol. The molecule has 0 amide bonds. The number of alkyl halides is 3. The molecule has 0 fully saturated rings. The zero-order valence-corrected chi connectivity index (χ0v) is 18.0. The SMILES string of the molecule is N#Cc1ccc(Nc2nccc(C(O)c3ccc(-c4ccc(C#N)cc4)cc3C(F)(F)F)n2)cc1. The van der Waals surface area contributed by atoms with Crippen LogP contribution in [0.25, 0.3) is 11.1 Å². The van der Waals surface area contributed by atoms with Gasteiger partial charge in [-0.15, -0.1) is 0 Å². The molecule has 0 saturated carbocycles. The fourth-order valence-electron chi connectivity index (χ4n) is 3.46. The molecular formula is C26H16F3N5O. The molecule has 0 saturated heterocycles. The number of rotatable bonds is 5. The van der Waals surface area contributed by atoms with E-state index < -0.39 is 17.8 Å². The molecule has 172 valence electrons. The highest BCUT2D eigenvalue weighted by Crippen LogP contribution is 2.39. The zero-order chi connectivity index (χ0) is 25.0. The third-order valence-corrected chi connectivity index (χ3v) is 5.23. The number of aliphatic hydroxyl groups is 1. The normalized spacial score (nSPS) is 11.8. The van der Waals surface area contributed by atoms with Crippen molar-refractivity contribution in [3.8, 4) is 23.3 Å². The lowest BCUT2D eigenvalue weighted by Crippen LogP contribution is -2.14. The minimum absolute atomic E-state index is 0.0206. The molecule has 0 aliphatic carbocycles. The summed E-state index contributed by atoms with van der Waals surface area (Å²) in [4.78, 5) is 8.22. The lowest BCUT2D eigenvalue weighted by molar-refractivity contribution is -0.138. The quantitative estimate of drug-likeness (QED) is 0.385. The highest BCUT2D eigenvalue weighted by atomic mass is 19.4. The summed E-state index contributed by atoms with van der Waals surface area (Å²) in [5, 5.41) is 31.6. The Morgan fingerprint density at radius 2 is 1.43 bits per heavy atom. The van der Waals surface area contributed by atoms with E-state index in [0.717, 1.165) is 6.07 Å². The Hall–Kier alpha value is -4.73. The highest BCUT2D eigenvalue weighted by Gasteiger charge is 2.36. The smallest absolute Gasteiger partial charge is 0.382 e. The van der Waals surface area contributed by atoms with Crippen LogP contribution in [-0.2, 0) is 6.18 Å². The van der Waals surface area contributed by atoms with Gasteiger partial charge in [0.2, 0.25) is 5.95 Å². The summed E-state index contributed by atoms with van der Waals surface area (Å²) in [5.74, 6) is 0.0778. The van der Waals surface area contributed by atoms with Crippen molar-refractivity contribution in [2.45, 2.75) is 12.3 Å². The zero-order valence-electron chi connectivity index (χ0n) is 18.0. The van der Waals surface area contributed by atoms with Gasteiger partial charge in [0.25, 0.3) is 0 Å². The molecule has 1 atom stereocenters. The van der Waals surface area contributed by atoms with Crippen molar-refractivity contribution in [3.63, 3.8) is 0 Å². The molecule has 35 heavy (non-hydrogen) atoms. The van der Waals surface area contributed by atoms with E-state index in [4.69, 9.17) is 10.5 Å². The number of anilines is 2. The number of hydrogen-bond donors (Lipinski definition) is 2. The van der Waals surface area contributed by atoms with E-state index in [1.54, 1.807) is 36.4 Å². The van der Waals surface area contributed by atoms with Gasteiger partial charge in [0.05, 0.1) is 34.5 Å². The van der Waals surface area contributed by atoms with Crippen LogP contribution < -0.4 is 5.32 Å². The molecule has 1 aromatic heterocycles. The number of hydrogen-bond acceptors (Lipinski definition) is 6. The molecule has 6 nitrogen and oxygen atoms in total. The van der Waals surface area contributed by atoms with Gasteiger partial charge < -0.3 is 10.4 Å². The Labute approximate surface area is 198 Å². The summed E-state index contributed by atoms with van der Waals surface area (Å²) in [6, 6.07) is 21.6. The Balaban J connectivity index is 1.66. The maximum atomic E-state index is 13.9. The number of nitrogens with zero attached hydrogens (tertiary/aromatic N) is 4. The number of nitriles is 2. The Kier molecular flexibility index (Phi) is 6.45. The first-order chi connectivity index (χ1) is 16.8. The molecule has 2 N–H and O–H groups in total. The number of nitrogens with one attached hydrogen (secondary N) is 1. The third-order valence-electron chi connectivity index (χ3n) is 5.23. The average molecular weight is 471 g/mol. The first-order valence-electron chi connectivity index (χ1n) is 10.3. The number of benzene rings is 3. The van der Waals surface area contributed by atoms with Crippen molar-refractivity contribution >= 4 is 11.6 Å². The van der Waals surface area contributed by atoms with Gasteiger partial charge in [-0.2, -0.15) is 23.7 Å². The van der Waals surface area contributed by atoms with Gasteiger partial charge in [-0.05, 0) is 65.2 Å². The predicted octanol–water partition coefficient (Wildman–Crippen LogP) is 5.73. The third kappa shape index (κ3) is 5.27. The van der Waals surface area contributed by atoms with Gasteiger partial charge in [0.1, 0.15) is 6.10 Å². The number of aliphatic hydroxyl groups excluding tert-OH is 1. The Morgan fingerprint density at radius 3 is 2.03 bits per heavy atom. The van der Waals surface area contributed by atoms with Crippen molar-refractivity contribution in [1.82, 2.24) is 9.97 Å². The molecule has 0 radical (unpaired) electrons. The van der Waals surface area contributed by atoms with Crippen molar-refractivity contribution in [2.75, 3.05) is 5.32 Å². The van der Waals surface area contributed by atoms with Crippen LogP contribution >= 0.6 is 0 Å². The summed E-state index contributed by atoms with van der Waals surface area (Å²) in [7, 11) is 0. The van der Waals surface area contributed by atoms with Crippen LogP contribution in [0.15, 0.2) is 79.0 Å². The second-order valence-electron chi connectivity index (χ2n) is 7.51. The van der Waals surface area contributed by atoms with E-state index in [-0.39, 0.29) is 17.2 Å². The second kappa shape index (κ2) is 9.64. The topological polar surface area (TPSA) is 106 Å². The van der Waals surface area contributed by atoms with Crippen molar-refractivity contribution in [1.29, 1.82) is 10.5 Å². The summed E-state index contributed by atoms with van der Waals surface area (Å²) in [6.45, 7) is 0.